The molecule has 0 radical (unpaired) electrons. The van der Waals surface area contributed by atoms with Crippen molar-refractivity contribution in [3.8, 4) is 0 Å². The van der Waals surface area contributed by atoms with E-state index in [4.69, 9.17) is 5.73 Å². The molecule has 2 heterocycles. The fourth-order valence-corrected chi connectivity index (χ4v) is 3.67. The first-order valence-electron chi connectivity index (χ1n) is 8.50. The number of hydrogen-bond donors (Lipinski definition) is 2. The summed E-state index contributed by atoms with van der Waals surface area (Å²) in [6.45, 7) is 8.10. The lowest BCUT2D eigenvalue weighted by Crippen LogP contribution is -2.51. The van der Waals surface area contributed by atoms with Crippen LogP contribution in [-0.2, 0) is 4.79 Å². The molecule has 2 unspecified atom stereocenters. The second-order valence-electron chi connectivity index (χ2n) is 6.89. The maximum absolute atomic E-state index is 11.5. The fraction of sp³-hybridized carbons (Fsp3) is 0.938. The van der Waals surface area contributed by atoms with Crippen molar-refractivity contribution < 1.29 is 4.79 Å². The first kappa shape index (κ1) is 16.7. The van der Waals surface area contributed by atoms with Crippen molar-refractivity contribution in [2.45, 2.75) is 57.0 Å². The van der Waals surface area contributed by atoms with Crippen LogP contribution in [0.25, 0.3) is 0 Å². The minimum absolute atomic E-state index is 0.249. The molecule has 0 aliphatic carbocycles. The number of primary amides is 1. The summed E-state index contributed by atoms with van der Waals surface area (Å²) in [5.74, 6) is -0.249. The lowest BCUT2D eigenvalue weighted by molar-refractivity contribution is -0.123. The van der Waals surface area contributed by atoms with E-state index in [2.05, 4.69) is 15.1 Å². The van der Waals surface area contributed by atoms with Crippen molar-refractivity contribution in [1.82, 2.24) is 15.1 Å². The van der Waals surface area contributed by atoms with Gasteiger partial charge in [0.25, 0.3) is 0 Å². The highest BCUT2D eigenvalue weighted by Gasteiger charge is 2.29. The Morgan fingerprint density at radius 2 is 2.05 bits per heavy atom. The minimum Gasteiger partial charge on any atom is -0.368 e. The summed E-state index contributed by atoms with van der Waals surface area (Å²) in [5, 5.41) is 3.06. The van der Waals surface area contributed by atoms with Crippen molar-refractivity contribution in [3.63, 3.8) is 0 Å². The second kappa shape index (κ2) is 7.56. The normalized spacial score (nSPS) is 27.0. The van der Waals surface area contributed by atoms with E-state index in [1.165, 1.54) is 45.4 Å². The zero-order chi connectivity index (χ0) is 15.3. The summed E-state index contributed by atoms with van der Waals surface area (Å²) in [7, 11) is 1.81. The van der Waals surface area contributed by atoms with E-state index in [1.54, 1.807) is 0 Å². The van der Waals surface area contributed by atoms with Crippen molar-refractivity contribution in [3.05, 3.63) is 0 Å². The lowest BCUT2D eigenvalue weighted by Gasteiger charge is -2.27. The summed E-state index contributed by atoms with van der Waals surface area (Å²) in [6.07, 6.45) is 7.06. The Hall–Kier alpha value is -0.650. The van der Waals surface area contributed by atoms with Gasteiger partial charge in [0.1, 0.15) is 0 Å². The number of unbranched alkanes of at least 4 members (excludes halogenated alkanes) is 1. The largest absolute Gasteiger partial charge is 0.368 e. The van der Waals surface area contributed by atoms with Crippen LogP contribution in [0.3, 0.4) is 0 Å². The standard InChI is InChI=1S/C16H32N4O/c1-16(18-2,15(17)21)8-3-4-9-19-10-6-12-20-11-5-7-14(20)13-19/h14,18H,3-13H2,1-2H3,(H2,17,21). The van der Waals surface area contributed by atoms with Crippen LogP contribution >= 0.6 is 0 Å². The Kier molecular flexibility index (Phi) is 6.02. The lowest BCUT2D eigenvalue weighted by atomic mass is 9.94. The molecule has 0 aromatic rings. The van der Waals surface area contributed by atoms with Crippen molar-refractivity contribution in [2.75, 3.05) is 39.8 Å². The average molecular weight is 296 g/mol. The highest BCUT2D eigenvalue weighted by molar-refractivity contribution is 5.84. The Morgan fingerprint density at radius 1 is 1.29 bits per heavy atom. The van der Waals surface area contributed by atoms with E-state index in [-0.39, 0.29) is 5.91 Å². The van der Waals surface area contributed by atoms with Crippen molar-refractivity contribution in [1.29, 1.82) is 0 Å². The third-order valence-corrected chi connectivity index (χ3v) is 5.38. The first-order valence-corrected chi connectivity index (χ1v) is 8.50. The summed E-state index contributed by atoms with van der Waals surface area (Å²) in [6, 6.07) is 0.792. The molecule has 2 aliphatic heterocycles. The van der Waals surface area contributed by atoms with Gasteiger partial charge in [-0.15, -0.1) is 0 Å². The van der Waals surface area contributed by atoms with Crippen LogP contribution in [0.2, 0.25) is 0 Å². The first-order chi connectivity index (χ1) is 10.0. The monoisotopic (exact) mass is 296 g/mol. The molecule has 5 heteroatoms. The number of fused-ring (bicyclic) bond motifs is 1. The number of likely N-dealkylation sites (N-methyl/N-ethyl adjacent to an activating group) is 1. The van der Waals surface area contributed by atoms with Crippen LogP contribution in [0.5, 0.6) is 0 Å². The zero-order valence-corrected chi connectivity index (χ0v) is 13.7. The molecule has 5 nitrogen and oxygen atoms in total. The molecule has 0 spiro atoms. The zero-order valence-electron chi connectivity index (χ0n) is 13.7. The predicted molar refractivity (Wildman–Crippen MR) is 86.2 cm³/mol. The van der Waals surface area contributed by atoms with Crippen LogP contribution in [-0.4, -0.2) is 67.1 Å². The molecule has 0 saturated carbocycles. The summed E-state index contributed by atoms with van der Waals surface area (Å²) in [5.41, 5.74) is 4.91. The molecule has 2 aliphatic rings. The Balaban J connectivity index is 1.69. The minimum atomic E-state index is -0.555. The highest BCUT2D eigenvalue weighted by atomic mass is 16.1. The SMILES string of the molecule is CNC(C)(CCCCN1CCCN2CCCC2C1)C(N)=O. The Morgan fingerprint density at radius 3 is 2.76 bits per heavy atom. The predicted octanol–water partition coefficient (Wildman–Crippen LogP) is 0.790. The molecule has 2 atom stereocenters. The maximum Gasteiger partial charge on any atom is 0.237 e. The highest BCUT2D eigenvalue weighted by Crippen LogP contribution is 2.21. The molecule has 1 amide bonds. The number of nitrogens with two attached hydrogens (primary N) is 1. The molecule has 2 fully saturated rings. The molecule has 0 aromatic heterocycles. The maximum atomic E-state index is 11.5. The molecule has 0 aromatic carbocycles. The van der Waals surface area contributed by atoms with Crippen molar-refractivity contribution >= 4 is 5.91 Å². The van der Waals surface area contributed by atoms with E-state index >= 15 is 0 Å². The molecule has 2 saturated heterocycles. The van der Waals surface area contributed by atoms with E-state index in [9.17, 15) is 4.79 Å². The van der Waals surface area contributed by atoms with Gasteiger partial charge in [0.05, 0.1) is 5.54 Å². The van der Waals surface area contributed by atoms with Crippen LogP contribution in [0, 0.1) is 0 Å². The number of nitrogens with zero attached hydrogens (tertiary/aromatic N) is 2. The molecule has 0 bridgehead atoms. The third-order valence-electron chi connectivity index (χ3n) is 5.38. The van der Waals surface area contributed by atoms with Crippen LogP contribution in [0.1, 0.15) is 45.4 Å². The number of nitrogens with one attached hydrogen (secondary N) is 1. The molecular formula is C16H32N4O. The van der Waals surface area contributed by atoms with E-state index in [0.717, 1.165) is 31.8 Å². The number of hydrogen-bond acceptors (Lipinski definition) is 4. The Bertz CT molecular complexity index is 349. The van der Waals surface area contributed by atoms with E-state index in [1.807, 2.05) is 14.0 Å². The average Bonchev–Trinajstić information content (AvgIpc) is 2.81. The van der Waals surface area contributed by atoms with Crippen LogP contribution in [0.15, 0.2) is 0 Å². The topological polar surface area (TPSA) is 61.6 Å². The van der Waals surface area contributed by atoms with Gasteiger partial charge >= 0.3 is 0 Å². The second-order valence-corrected chi connectivity index (χ2v) is 6.89. The summed E-state index contributed by atoms with van der Waals surface area (Å²) >= 11 is 0. The van der Waals surface area contributed by atoms with Gasteiger partial charge in [0.15, 0.2) is 0 Å². The molecule has 21 heavy (non-hydrogen) atoms. The van der Waals surface area contributed by atoms with E-state index in [0.29, 0.717) is 0 Å². The van der Waals surface area contributed by atoms with Crippen molar-refractivity contribution in [2.24, 2.45) is 5.73 Å². The van der Waals surface area contributed by atoms with Gasteiger partial charge in [-0.2, -0.15) is 0 Å². The van der Waals surface area contributed by atoms with Gasteiger partial charge < -0.3 is 16.0 Å². The van der Waals surface area contributed by atoms with Gasteiger partial charge in [0.2, 0.25) is 5.91 Å². The molecule has 3 N–H and O–H groups in total. The summed E-state index contributed by atoms with van der Waals surface area (Å²) in [4.78, 5) is 16.8. The third kappa shape index (κ3) is 4.41. The van der Waals surface area contributed by atoms with Gasteiger partial charge in [-0.05, 0) is 78.7 Å². The Labute approximate surface area is 129 Å². The molecule has 2 rings (SSSR count). The number of amides is 1. The van der Waals surface area contributed by atoms with Crippen LogP contribution in [0.4, 0.5) is 0 Å². The van der Waals surface area contributed by atoms with Crippen LogP contribution < -0.4 is 11.1 Å². The van der Waals surface area contributed by atoms with Gasteiger partial charge in [-0.3, -0.25) is 9.69 Å². The molecular weight excluding hydrogens is 264 g/mol. The number of carbonyl (C=O) groups is 1. The number of carbonyl (C=O) groups excluding carboxylic acids is 1. The van der Waals surface area contributed by atoms with Gasteiger partial charge in [-0.25, -0.2) is 0 Å². The quantitative estimate of drug-likeness (QED) is 0.682. The molecule has 122 valence electrons. The summed E-state index contributed by atoms with van der Waals surface area (Å²) < 4.78 is 0. The fourth-order valence-electron chi connectivity index (χ4n) is 3.67. The number of rotatable bonds is 7. The van der Waals surface area contributed by atoms with Gasteiger partial charge in [-0.1, -0.05) is 0 Å². The van der Waals surface area contributed by atoms with E-state index < -0.39 is 5.54 Å². The van der Waals surface area contributed by atoms with Gasteiger partial charge in [0, 0.05) is 12.6 Å². The smallest absolute Gasteiger partial charge is 0.237 e.